The smallest absolute Gasteiger partial charge is 0.145 e. The van der Waals surface area contributed by atoms with E-state index in [1.54, 1.807) is 0 Å². The van der Waals surface area contributed by atoms with E-state index in [2.05, 4.69) is 20.3 Å². The lowest BCUT2D eigenvalue weighted by Crippen LogP contribution is -2.37. The Labute approximate surface area is 94.8 Å². The number of nitrogen functional groups attached to an aromatic ring is 1. The van der Waals surface area contributed by atoms with E-state index in [9.17, 15) is 0 Å². The van der Waals surface area contributed by atoms with Crippen molar-refractivity contribution < 1.29 is 4.74 Å². The van der Waals surface area contributed by atoms with Gasteiger partial charge in [0.2, 0.25) is 0 Å². The van der Waals surface area contributed by atoms with Gasteiger partial charge in [0.25, 0.3) is 0 Å². The number of hydrogen-bond donors (Lipinski definition) is 2. The van der Waals surface area contributed by atoms with Gasteiger partial charge in [-0.2, -0.15) is 0 Å². The molecule has 88 valence electrons. The average molecular weight is 223 g/mol. The van der Waals surface area contributed by atoms with E-state index in [1.165, 1.54) is 6.33 Å². The van der Waals surface area contributed by atoms with Gasteiger partial charge in [0, 0.05) is 32.4 Å². The van der Waals surface area contributed by atoms with Gasteiger partial charge in [-0.25, -0.2) is 15.8 Å². The van der Waals surface area contributed by atoms with Crippen LogP contribution in [0.5, 0.6) is 0 Å². The highest BCUT2D eigenvalue weighted by molar-refractivity contribution is 5.47. The monoisotopic (exact) mass is 223 g/mol. The van der Waals surface area contributed by atoms with Crippen LogP contribution in [0.2, 0.25) is 0 Å². The van der Waals surface area contributed by atoms with Crippen LogP contribution in [-0.4, -0.2) is 36.3 Å². The van der Waals surface area contributed by atoms with Gasteiger partial charge < -0.3 is 15.1 Å². The summed E-state index contributed by atoms with van der Waals surface area (Å²) in [6.07, 6.45) is 3.58. The van der Waals surface area contributed by atoms with Crippen molar-refractivity contribution >= 4 is 11.6 Å². The third-order valence-electron chi connectivity index (χ3n) is 2.90. The van der Waals surface area contributed by atoms with Crippen molar-refractivity contribution in [2.45, 2.75) is 18.9 Å². The summed E-state index contributed by atoms with van der Waals surface area (Å²) in [6, 6.07) is 2.32. The Bertz CT molecular complexity index is 340. The second-order valence-corrected chi connectivity index (χ2v) is 3.86. The molecule has 1 aromatic heterocycles. The van der Waals surface area contributed by atoms with Gasteiger partial charge in [0.05, 0.1) is 0 Å². The lowest BCUT2D eigenvalue weighted by molar-refractivity contribution is 0.0853. The summed E-state index contributed by atoms with van der Waals surface area (Å²) in [5, 5.41) is 0. The van der Waals surface area contributed by atoms with E-state index < -0.39 is 0 Å². The topological polar surface area (TPSA) is 76.3 Å². The van der Waals surface area contributed by atoms with Crippen LogP contribution >= 0.6 is 0 Å². The Kier molecular flexibility index (Phi) is 3.53. The molecule has 1 saturated heterocycles. The van der Waals surface area contributed by atoms with Crippen LogP contribution in [0.3, 0.4) is 0 Å². The molecule has 2 rings (SSSR count). The van der Waals surface area contributed by atoms with Crippen molar-refractivity contribution in [1.29, 1.82) is 0 Å². The van der Waals surface area contributed by atoms with Crippen molar-refractivity contribution in [2.24, 2.45) is 5.84 Å². The molecule has 0 atom stereocenters. The van der Waals surface area contributed by atoms with E-state index >= 15 is 0 Å². The lowest BCUT2D eigenvalue weighted by atomic mass is 10.1. The fourth-order valence-electron chi connectivity index (χ4n) is 1.88. The van der Waals surface area contributed by atoms with Crippen LogP contribution in [-0.2, 0) is 4.74 Å². The van der Waals surface area contributed by atoms with Gasteiger partial charge >= 0.3 is 0 Å². The summed E-state index contributed by atoms with van der Waals surface area (Å²) < 4.78 is 5.34. The summed E-state index contributed by atoms with van der Waals surface area (Å²) in [6.45, 7) is 1.64. The molecule has 16 heavy (non-hydrogen) atoms. The van der Waals surface area contributed by atoms with Crippen molar-refractivity contribution in [3.8, 4) is 0 Å². The van der Waals surface area contributed by atoms with Gasteiger partial charge in [-0.1, -0.05) is 0 Å². The second-order valence-electron chi connectivity index (χ2n) is 3.86. The molecule has 1 aliphatic heterocycles. The number of anilines is 2. The predicted octanol–water partition coefficient (Wildman–Crippen LogP) is 0.377. The van der Waals surface area contributed by atoms with Crippen LogP contribution in [0.25, 0.3) is 0 Å². The maximum atomic E-state index is 5.34. The maximum absolute atomic E-state index is 5.34. The minimum atomic E-state index is 0.481. The molecule has 3 N–H and O–H groups in total. The maximum Gasteiger partial charge on any atom is 0.145 e. The van der Waals surface area contributed by atoms with Crippen molar-refractivity contribution in [3.63, 3.8) is 0 Å². The Balaban J connectivity index is 2.09. The normalized spacial score (nSPS) is 17.1. The van der Waals surface area contributed by atoms with E-state index in [1.807, 2.05) is 13.1 Å². The summed E-state index contributed by atoms with van der Waals surface area (Å²) in [5.41, 5.74) is 2.52. The SMILES string of the molecule is CN(c1cc(NN)ncn1)C1CCOCC1. The molecule has 0 aliphatic carbocycles. The average Bonchev–Trinajstić information content (AvgIpc) is 2.39. The standard InChI is InChI=1S/C10H17N5O/c1-15(8-2-4-16-5-3-8)10-6-9(14-11)12-7-13-10/h6-8H,2-5,11H2,1H3,(H,12,13,14). The molecule has 0 amide bonds. The first-order valence-electron chi connectivity index (χ1n) is 5.40. The molecule has 6 heteroatoms. The summed E-state index contributed by atoms with van der Waals surface area (Å²) in [7, 11) is 2.04. The van der Waals surface area contributed by atoms with Crippen LogP contribution in [0.1, 0.15) is 12.8 Å². The fourth-order valence-corrected chi connectivity index (χ4v) is 1.88. The number of nitrogens with one attached hydrogen (secondary N) is 1. The largest absolute Gasteiger partial charge is 0.381 e. The Morgan fingerprint density at radius 1 is 1.44 bits per heavy atom. The third kappa shape index (κ3) is 2.40. The molecule has 2 heterocycles. The highest BCUT2D eigenvalue weighted by atomic mass is 16.5. The van der Waals surface area contributed by atoms with Gasteiger partial charge in [-0.3, -0.25) is 0 Å². The lowest BCUT2D eigenvalue weighted by Gasteiger charge is -2.32. The number of nitrogens with zero attached hydrogens (tertiary/aromatic N) is 3. The predicted molar refractivity (Wildman–Crippen MR) is 62.1 cm³/mol. The van der Waals surface area contributed by atoms with Gasteiger partial charge in [-0.15, -0.1) is 0 Å². The number of hydrazine groups is 1. The first-order valence-corrected chi connectivity index (χ1v) is 5.40. The highest BCUT2D eigenvalue weighted by Gasteiger charge is 2.19. The molecule has 0 bridgehead atoms. The quantitative estimate of drug-likeness (QED) is 0.570. The van der Waals surface area contributed by atoms with E-state index in [4.69, 9.17) is 10.6 Å². The molecule has 0 aromatic carbocycles. The van der Waals surface area contributed by atoms with Crippen LogP contribution in [0.15, 0.2) is 12.4 Å². The number of rotatable bonds is 3. The number of hydrogen-bond acceptors (Lipinski definition) is 6. The molecule has 1 aromatic rings. The van der Waals surface area contributed by atoms with Gasteiger partial charge in [0.1, 0.15) is 18.0 Å². The summed E-state index contributed by atoms with van der Waals surface area (Å²) in [4.78, 5) is 10.4. The van der Waals surface area contributed by atoms with Crippen molar-refractivity contribution in [3.05, 3.63) is 12.4 Å². The van der Waals surface area contributed by atoms with Gasteiger partial charge in [-0.05, 0) is 12.8 Å². The Morgan fingerprint density at radius 3 is 2.88 bits per heavy atom. The van der Waals surface area contributed by atoms with Crippen LogP contribution in [0.4, 0.5) is 11.6 Å². The molecule has 1 fully saturated rings. The fraction of sp³-hybridized carbons (Fsp3) is 0.600. The molecule has 0 unspecified atom stereocenters. The molecular weight excluding hydrogens is 206 g/mol. The molecular formula is C10H17N5O. The number of ether oxygens (including phenoxy) is 1. The molecule has 1 aliphatic rings. The van der Waals surface area contributed by atoms with Crippen molar-refractivity contribution in [2.75, 3.05) is 30.6 Å². The van der Waals surface area contributed by atoms with E-state index in [-0.39, 0.29) is 0 Å². The Hall–Kier alpha value is -1.40. The molecule has 0 spiro atoms. The highest BCUT2D eigenvalue weighted by Crippen LogP contribution is 2.20. The minimum absolute atomic E-state index is 0.481. The number of nitrogens with two attached hydrogens (primary N) is 1. The number of aromatic nitrogens is 2. The third-order valence-corrected chi connectivity index (χ3v) is 2.90. The molecule has 0 radical (unpaired) electrons. The Morgan fingerprint density at radius 2 is 2.19 bits per heavy atom. The van der Waals surface area contributed by atoms with Crippen LogP contribution < -0.4 is 16.2 Å². The molecule has 0 saturated carbocycles. The summed E-state index contributed by atoms with van der Waals surface area (Å²) in [5.74, 6) is 6.83. The molecule has 6 nitrogen and oxygen atoms in total. The van der Waals surface area contributed by atoms with Gasteiger partial charge in [0.15, 0.2) is 0 Å². The van der Waals surface area contributed by atoms with E-state index in [0.29, 0.717) is 11.9 Å². The van der Waals surface area contributed by atoms with E-state index in [0.717, 1.165) is 31.9 Å². The minimum Gasteiger partial charge on any atom is -0.381 e. The van der Waals surface area contributed by atoms with Crippen molar-refractivity contribution in [1.82, 2.24) is 9.97 Å². The van der Waals surface area contributed by atoms with Crippen LogP contribution in [0, 0.1) is 0 Å². The summed E-state index contributed by atoms with van der Waals surface area (Å²) >= 11 is 0. The first-order chi connectivity index (χ1) is 7.81. The second kappa shape index (κ2) is 5.09. The first kappa shape index (κ1) is 11.1. The zero-order valence-corrected chi connectivity index (χ0v) is 9.39. The zero-order chi connectivity index (χ0) is 11.4. The zero-order valence-electron chi connectivity index (χ0n) is 9.39.